The van der Waals surface area contributed by atoms with Crippen LogP contribution in [0.3, 0.4) is 0 Å². The Labute approximate surface area is 140 Å². The highest BCUT2D eigenvalue weighted by Gasteiger charge is 2.45. The summed E-state index contributed by atoms with van der Waals surface area (Å²) in [7, 11) is 0. The van der Waals surface area contributed by atoms with Crippen LogP contribution in [0.2, 0.25) is 0 Å². The third-order valence-corrected chi connectivity index (χ3v) is 5.23. The molecule has 3 aromatic rings. The van der Waals surface area contributed by atoms with Crippen LogP contribution < -0.4 is 0 Å². The number of hydrogen-bond donors (Lipinski definition) is 0. The summed E-state index contributed by atoms with van der Waals surface area (Å²) in [5, 5.41) is 8.44. The summed E-state index contributed by atoms with van der Waals surface area (Å²) < 4.78 is 0. The van der Waals surface area contributed by atoms with Crippen LogP contribution in [-0.4, -0.2) is 31.4 Å². The molecule has 0 saturated carbocycles. The Balaban J connectivity index is 1.98. The van der Waals surface area contributed by atoms with Gasteiger partial charge in [-0.15, -0.1) is 5.10 Å². The first kappa shape index (κ1) is 14.9. The van der Waals surface area contributed by atoms with E-state index in [4.69, 9.17) is 9.98 Å². The van der Waals surface area contributed by atoms with Crippen molar-refractivity contribution >= 4 is 16.7 Å². The number of nitrogens with zero attached hydrogens (tertiary/aromatic N) is 5. The van der Waals surface area contributed by atoms with Gasteiger partial charge in [-0.1, -0.05) is 26.0 Å². The van der Waals surface area contributed by atoms with Gasteiger partial charge >= 0.3 is 0 Å². The van der Waals surface area contributed by atoms with E-state index in [-0.39, 0.29) is 11.0 Å². The zero-order chi connectivity index (χ0) is 16.9. The van der Waals surface area contributed by atoms with Crippen molar-refractivity contribution in [2.75, 3.05) is 0 Å². The number of aliphatic imine (C=N–C) groups is 1. The summed E-state index contributed by atoms with van der Waals surface area (Å²) in [5.41, 5.74) is 4.73. The fraction of sp³-hybridized carbons (Fsp3) is 0.316. The van der Waals surface area contributed by atoms with Gasteiger partial charge in [0.05, 0.1) is 22.8 Å². The molecule has 1 aromatic carbocycles. The maximum Gasteiger partial charge on any atom is 0.117 e. The van der Waals surface area contributed by atoms with Crippen LogP contribution in [0.4, 0.5) is 0 Å². The first-order valence-corrected chi connectivity index (χ1v) is 8.05. The minimum Gasteiger partial charge on any atom is -0.274 e. The zero-order valence-electron chi connectivity index (χ0n) is 14.3. The number of benzene rings is 1. The van der Waals surface area contributed by atoms with Crippen LogP contribution in [0, 0.1) is 0 Å². The van der Waals surface area contributed by atoms with Gasteiger partial charge in [-0.3, -0.25) is 9.98 Å². The van der Waals surface area contributed by atoms with E-state index < -0.39 is 0 Å². The molecule has 0 amide bonds. The minimum absolute atomic E-state index is 0.147. The lowest BCUT2D eigenvalue weighted by atomic mass is 9.67. The molecule has 0 radical (unpaired) electrons. The van der Waals surface area contributed by atoms with Crippen molar-refractivity contribution in [3.8, 4) is 0 Å². The first-order valence-electron chi connectivity index (χ1n) is 8.05. The second kappa shape index (κ2) is 4.90. The fourth-order valence-corrected chi connectivity index (χ4v) is 3.06. The van der Waals surface area contributed by atoms with E-state index in [1.54, 1.807) is 12.4 Å². The molecule has 0 saturated heterocycles. The lowest BCUT2D eigenvalue weighted by Gasteiger charge is -2.43. The van der Waals surface area contributed by atoms with Gasteiger partial charge in [0.2, 0.25) is 0 Å². The summed E-state index contributed by atoms with van der Waals surface area (Å²) in [4.78, 5) is 14.3. The molecule has 5 heteroatoms. The highest BCUT2D eigenvalue weighted by atomic mass is 15.1. The maximum absolute atomic E-state index is 5.00. The molecule has 0 bridgehead atoms. The Kier molecular flexibility index (Phi) is 3.04. The second-order valence-electron chi connectivity index (χ2n) is 7.18. The van der Waals surface area contributed by atoms with E-state index in [0.29, 0.717) is 0 Å². The number of fused-ring (bicyclic) bond motifs is 2. The molecule has 0 N–H and O–H groups in total. The second-order valence-corrected chi connectivity index (χ2v) is 7.18. The summed E-state index contributed by atoms with van der Waals surface area (Å²) >= 11 is 0. The molecular formula is C19H19N5. The molecular weight excluding hydrogens is 298 g/mol. The van der Waals surface area contributed by atoms with Crippen LogP contribution in [0.5, 0.6) is 0 Å². The molecule has 0 unspecified atom stereocenters. The Hall–Kier alpha value is -2.69. The molecule has 1 aliphatic heterocycles. The van der Waals surface area contributed by atoms with E-state index in [1.807, 2.05) is 30.3 Å². The van der Waals surface area contributed by atoms with Gasteiger partial charge in [-0.25, -0.2) is 4.98 Å². The summed E-state index contributed by atoms with van der Waals surface area (Å²) in [6.45, 7) is 8.68. The van der Waals surface area contributed by atoms with Gasteiger partial charge in [-0.05, 0) is 37.6 Å². The topological polar surface area (TPSA) is 63.9 Å². The number of hydrogen-bond acceptors (Lipinski definition) is 5. The number of aromatic nitrogens is 4. The molecule has 0 spiro atoms. The molecule has 0 fully saturated rings. The quantitative estimate of drug-likeness (QED) is 0.690. The summed E-state index contributed by atoms with van der Waals surface area (Å²) in [5.74, 6) is 0. The monoisotopic (exact) mass is 317 g/mol. The van der Waals surface area contributed by atoms with Crippen LogP contribution in [-0.2, 0) is 5.41 Å². The molecule has 2 aromatic heterocycles. The van der Waals surface area contributed by atoms with Gasteiger partial charge < -0.3 is 0 Å². The maximum atomic E-state index is 5.00. The summed E-state index contributed by atoms with van der Waals surface area (Å²) in [6, 6.07) is 9.87. The molecule has 3 heterocycles. The number of rotatable bonds is 1. The van der Waals surface area contributed by atoms with Crippen molar-refractivity contribution in [3.63, 3.8) is 0 Å². The molecule has 24 heavy (non-hydrogen) atoms. The predicted molar refractivity (Wildman–Crippen MR) is 94.3 cm³/mol. The Bertz CT molecular complexity index is 972. The van der Waals surface area contributed by atoms with Gasteiger partial charge in [0.25, 0.3) is 0 Å². The molecule has 5 nitrogen and oxygen atoms in total. The predicted octanol–water partition coefficient (Wildman–Crippen LogP) is 3.33. The van der Waals surface area contributed by atoms with Gasteiger partial charge in [-0.2, -0.15) is 5.10 Å². The average molecular weight is 317 g/mol. The van der Waals surface area contributed by atoms with Crippen molar-refractivity contribution in [2.45, 2.75) is 38.6 Å². The largest absolute Gasteiger partial charge is 0.274 e. The Morgan fingerprint density at radius 3 is 2.46 bits per heavy atom. The van der Waals surface area contributed by atoms with Crippen molar-refractivity contribution in [2.24, 2.45) is 4.99 Å². The van der Waals surface area contributed by atoms with Crippen LogP contribution in [0.25, 0.3) is 11.0 Å². The Morgan fingerprint density at radius 1 is 0.917 bits per heavy atom. The van der Waals surface area contributed by atoms with Crippen LogP contribution in [0.1, 0.15) is 44.6 Å². The van der Waals surface area contributed by atoms with E-state index in [1.165, 1.54) is 0 Å². The highest BCUT2D eigenvalue weighted by molar-refractivity contribution is 6.12. The van der Waals surface area contributed by atoms with Crippen LogP contribution in [0.15, 0.2) is 47.7 Å². The SMILES string of the molecule is CC1(C)N=C(c2cnc3ccccc3n2)c2nnccc2C1(C)C. The van der Waals surface area contributed by atoms with Crippen molar-refractivity contribution < 1.29 is 0 Å². The van der Waals surface area contributed by atoms with E-state index >= 15 is 0 Å². The van der Waals surface area contributed by atoms with E-state index in [2.05, 4.69) is 42.9 Å². The molecule has 120 valence electrons. The smallest absolute Gasteiger partial charge is 0.117 e. The average Bonchev–Trinajstić information content (AvgIpc) is 2.58. The van der Waals surface area contributed by atoms with Crippen LogP contribution >= 0.6 is 0 Å². The van der Waals surface area contributed by atoms with Crippen molar-refractivity contribution in [1.29, 1.82) is 0 Å². The third kappa shape index (κ3) is 2.04. The van der Waals surface area contributed by atoms with Crippen molar-refractivity contribution in [1.82, 2.24) is 20.2 Å². The number of para-hydroxylation sites is 2. The van der Waals surface area contributed by atoms with E-state index in [9.17, 15) is 0 Å². The van der Waals surface area contributed by atoms with Gasteiger partial charge in [0.15, 0.2) is 0 Å². The minimum atomic E-state index is -0.286. The van der Waals surface area contributed by atoms with Gasteiger partial charge in [0.1, 0.15) is 17.1 Å². The Morgan fingerprint density at radius 2 is 1.67 bits per heavy atom. The van der Waals surface area contributed by atoms with E-state index in [0.717, 1.165) is 33.7 Å². The lowest BCUT2D eigenvalue weighted by molar-refractivity contribution is 0.301. The standard InChI is InChI=1S/C19H19N5/c1-18(2)12-9-10-21-24-16(12)17(23-19(18,3)4)15-11-20-13-7-5-6-8-14(13)22-15/h5-11H,1-4H3. The molecule has 4 rings (SSSR count). The molecule has 1 aliphatic rings. The molecule has 0 atom stereocenters. The summed E-state index contributed by atoms with van der Waals surface area (Å²) in [6.07, 6.45) is 3.51. The van der Waals surface area contributed by atoms with Gasteiger partial charge in [0, 0.05) is 11.6 Å². The fourth-order valence-electron chi connectivity index (χ4n) is 3.06. The zero-order valence-corrected chi connectivity index (χ0v) is 14.3. The molecule has 0 aliphatic carbocycles. The highest BCUT2D eigenvalue weighted by Crippen LogP contribution is 2.42. The lowest BCUT2D eigenvalue weighted by Crippen LogP contribution is -2.46. The first-order chi connectivity index (χ1) is 11.4. The van der Waals surface area contributed by atoms with Crippen molar-refractivity contribution in [3.05, 3.63) is 59.7 Å². The third-order valence-electron chi connectivity index (χ3n) is 5.23. The normalized spacial score (nSPS) is 18.1.